The van der Waals surface area contributed by atoms with Gasteiger partial charge in [0.25, 0.3) is 0 Å². The molecule has 1 heterocycles. The number of aliphatic carboxylic acids is 1. The lowest BCUT2D eigenvalue weighted by atomic mass is 9.98. The summed E-state index contributed by atoms with van der Waals surface area (Å²) < 4.78 is 86.8. The highest BCUT2D eigenvalue weighted by Gasteiger charge is 2.41. The van der Waals surface area contributed by atoms with Crippen LogP contribution in [0.3, 0.4) is 0 Å². The van der Waals surface area contributed by atoms with E-state index in [1.165, 1.54) is 41.3 Å². The first-order valence-corrected chi connectivity index (χ1v) is 18.9. The predicted octanol–water partition coefficient (Wildman–Crippen LogP) is 4.35. The number of nitrogens with zero attached hydrogens (tertiary/aromatic N) is 2. The first-order valence-electron chi connectivity index (χ1n) is 17.5. The third-order valence-corrected chi connectivity index (χ3v) is 10.3. The van der Waals surface area contributed by atoms with Crippen LogP contribution in [0, 0.1) is 5.82 Å². The molecular weight excluding hydrogens is 793 g/mol. The highest BCUT2D eigenvalue weighted by Crippen LogP contribution is 2.31. The summed E-state index contributed by atoms with van der Waals surface area (Å²) in [4.78, 5) is 37.9. The van der Waals surface area contributed by atoms with E-state index in [0.29, 0.717) is 35.5 Å². The second-order valence-corrected chi connectivity index (χ2v) is 15.1. The maximum Gasteiger partial charge on any atom is 0.430 e. The number of ether oxygens (including phenoxy) is 2. The second-order valence-electron chi connectivity index (χ2n) is 13.6. The molecule has 58 heavy (non-hydrogen) atoms. The number of urea groups is 1. The van der Waals surface area contributed by atoms with Gasteiger partial charge in [-0.15, -0.1) is 0 Å². The minimum absolute atomic E-state index is 0.0308. The van der Waals surface area contributed by atoms with E-state index in [9.17, 15) is 40.7 Å². The van der Waals surface area contributed by atoms with Crippen molar-refractivity contribution in [3.05, 3.63) is 108 Å². The minimum atomic E-state index is -5.19. The summed E-state index contributed by atoms with van der Waals surface area (Å²) in [5, 5.41) is 21.2. The van der Waals surface area contributed by atoms with Gasteiger partial charge in [0.15, 0.2) is 11.5 Å². The number of nitrogens with one attached hydrogen (secondary N) is 1. The number of nitrogens with two attached hydrogens (primary N) is 1. The Hall–Kier alpha value is -5.92. The quantitative estimate of drug-likeness (QED) is 0.104. The summed E-state index contributed by atoms with van der Waals surface area (Å²) in [5.74, 6) is -2.88. The number of quaternary nitrogens is 1. The maximum absolute atomic E-state index is 14.1. The number of carbonyl (C=O) groups is 3. The van der Waals surface area contributed by atoms with Crippen molar-refractivity contribution in [1.29, 1.82) is 0 Å². The number of hydrogen-bond donors (Lipinski definition) is 3. The van der Waals surface area contributed by atoms with Crippen molar-refractivity contribution in [2.75, 3.05) is 39.7 Å². The maximum atomic E-state index is 14.1. The molecular formula is C39H42F4N4O10S. The Kier molecular flexibility index (Phi) is 14.7. The molecule has 312 valence electrons. The Bertz CT molecular complexity index is 2160. The molecule has 19 heteroatoms. The van der Waals surface area contributed by atoms with Gasteiger partial charge in [0.05, 0.1) is 39.9 Å². The average molecular weight is 835 g/mol. The summed E-state index contributed by atoms with van der Waals surface area (Å²) in [5.41, 5.74) is 8.47. The van der Waals surface area contributed by atoms with Gasteiger partial charge in [-0.1, -0.05) is 12.1 Å². The van der Waals surface area contributed by atoms with E-state index in [-0.39, 0.29) is 28.5 Å². The number of alkyl halides is 3. The zero-order valence-electron chi connectivity index (χ0n) is 31.6. The summed E-state index contributed by atoms with van der Waals surface area (Å²) in [6.45, 7) is 1.90. The van der Waals surface area contributed by atoms with Crippen LogP contribution in [0.25, 0.3) is 0 Å². The number of carboxylic acids is 1. The van der Waals surface area contributed by atoms with Crippen LogP contribution in [0.2, 0.25) is 0 Å². The summed E-state index contributed by atoms with van der Waals surface area (Å²) in [6, 6.07) is 19.7. The first kappa shape index (κ1) is 44.8. The van der Waals surface area contributed by atoms with Gasteiger partial charge in [-0.25, -0.2) is 9.18 Å². The molecule has 4 aromatic rings. The zero-order chi connectivity index (χ0) is 42.8. The van der Waals surface area contributed by atoms with E-state index in [1.54, 1.807) is 26.4 Å². The van der Waals surface area contributed by atoms with E-state index in [1.807, 2.05) is 18.2 Å². The largest absolute Gasteiger partial charge is 0.542 e. The van der Waals surface area contributed by atoms with Crippen LogP contribution < -0.4 is 29.8 Å². The molecule has 1 aliphatic heterocycles. The number of imide groups is 1. The van der Waals surface area contributed by atoms with Crippen LogP contribution in [0.5, 0.6) is 23.0 Å². The van der Waals surface area contributed by atoms with Crippen molar-refractivity contribution < 1.29 is 68.7 Å². The zero-order valence-corrected chi connectivity index (χ0v) is 32.4. The predicted molar refractivity (Wildman–Crippen MR) is 200 cm³/mol. The number of piperidine rings is 1. The molecule has 4 N–H and O–H groups in total. The first-order chi connectivity index (χ1) is 27.2. The summed E-state index contributed by atoms with van der Waals surface area (Å²) in [6.07, 6.45) is -3.74. The van der Waals surface area contributed by atoms with Gasteiger partial charge in [0.1, 0.15) is 41.3 Å². The molecule has 1 saturated heterocycles. The van der Waals surface area contributed by atoms with Gasteiger partial charge in [-0.05, 0) is 104 Å². The van der Waals surface area contributed by atoms with Crippen molar-refractivity contribution in [3.63, 3.8) is 0 Å². The SMILES string of the molecule is COc1ccc(C[N+]2(C)CCC[C@H](N(C(=O)Nc3ccc(OS(=O)(=O)c4ccc(F)cc4)cc3)C(=O)[C@@H](N)Cc3ccc(O)cc3)C2)cc1OC.O=C([O-])C(F)(F)F. The molecule has 1 aliphatic rings. The van der Waals surface area contributed by atoms with Gasteiger partial charge in [-0.3, -0.25) is 9.69 Å². The molecule has 14 nitrogen and oxygen atoms in total. The third kappa shape index (κ3) is 12.3. The number of amides is 3. The number of likely N-dealkylation sites (N-methyl/N-ethyl adjacent to an activating group) is 1. The number of anilines is 1. The number of carbonyl (C=O) groups excluding carboxylic acids is 3. The van der Waals surface area contributed by atoms with Crippen LogP contribution in [-0.2, 0) is 32.7 Å². The third-order valence-electron chi connectivity index (χ3n) is 9.07. The van der Waals surface area contributed by atoms with E-state index < -0.39 is 52.1 Å². The van der Waals surface area contributed by atoms with E-state index in [0.717, 1.165) is 48.4 Å². The number of likely N-dealkylation sites (tertiary alicyclic amines) is 1. The highest BCUT2D eigenvalue weighted by molar-refractivity contribution is 7.87. The molecule has 0 spiro atoms. The van der Waals surface area contributed by atoms with Gasteiger partial charge in [-0.2, -0.15) is 21.6 Å². The van der Waals surface area contributed by atoms with E-state index in [2.05, 4.69) is 12.4 Å². The Balaban J connectivity index is 0.000000973. The monoisotopic (exact) mass is 834 g/mol. The van der Waals surface area contributed by atoms with Crippen LogP contribution in [0.4, 0.5) is 28.0 Å². The van der Waals surface area contributed by atoms with Crippen LogP contribution in [0.15, 0.2) is 95.9 Å². The standard InChI is InChI=1S/C37H41FN4O8S.C2HF3O2/c1-42(23-26-8-19-34(48-2)35(22-26)49-3)20-4-5-29(24-42)41(36(44)33(39)21-25-6-13-30(43)14-7-25)37(45)40-28-11-15-31(16-12-28)50-51(46,47)32-17-9-27(38)10-18-32;3-2(4,5)1(6)7/h6-19,22,29,33H,4-5,20-21,23-24,39H2,1-3H3,(H-,40,43,45);(H,6,7)/t29-,33-,42?;/m0./s1. The lowest BCUT2D eigenvalue weighted by Gasteiger charge is -2.44. The fourth-order valence-electron chi connectivity index (χ4n) is 6.33. The molecule has 1 unspecified atom stereocenters. The molecule has 5 rings (SSSR count). The molecule has 0 radical (unpaired) electrons. The molecule has 3 atom stereocenters. The second kappa shape index (κ2) is 19.0. The number of rotatable bonds is 12. The fraction of sp³-hybridized carbons (Fsp3) is 0.308. The smallest absolute Gasteiger partial charge is 0.430 e. The average Bonchev–Trinajstić information content (AvgIpc) is 3.16. The molecule has 0 aliphatic carbocycles. The Morgan fingerprint density at radius 1 is 0.948 bits per heavy atom. The molecule has 0 bridgehead atoms. The minimum Gasteiger partial charge on any atom is -0.542 e. The highest BCUT2D eigenvalue weighted by atomic mass is 32.2. The van der Waals surface area contributed by atoms with Crippen molar-refractivity contribution >= 4 is 33.7 Å². The van der Waals surface area contributed by atoms with Crippen molar-refractivity contribution in [3.8, 4) is 23.0 Å². The number of phenols is 1. The van der Waals surface area contributed by atoms with E-state index in [4.69, 9.17) is 29.3 Å². The fourth-order valence-corrected chi connectivity index (χ4v) is 7.26. The number of benzene rings is 4. The number of halogens is 4. The van der Waals surface area contributed by atoms with Crippen LogP contribution in [0.1, 0.15) is 24.0 Å². The molecule has 4 aromatic carbocycles. The Labute approximate surface area is 332 Å². The van der Waals surface area contributed by atoms with Gasteiger partial charge >= 0.3 is 22.3 Å². The summed E-state index contributed by atoms with van der Waals surface area (Å²) >= 11 is 0. The van der Waals surface area contributed by atoms with E-state index >= 15 is 0 Å². The van der Waals surface area contributed by atoms with Crippen molar-refractivity contribution in [2.24, 2.45) is 5.73 Å². The Morgan fingerprint density at radius 3 is 2.10 bits per heavy atom. The van der Waals surface area contributed by atoms with Crippen molar-refractivity contribution in [1.82, 2.24) is 4.90 Å². The van der Waals surface area contributed by atoms with Gasteiger partial charge < -0.3 is 44.2 Å². The van der Waals surface area contributed by atoms with Gasteiger partial charge in [0.2, 0.25) is 5.91 Å². The van der Waals surface area contributed by atoms with Gasteiger partial charge in [0, 0.05) is 11.3 Å². The number of hydrogen-bond acceptors (Lipinski definition) is 11. The Morgan fingerprint density at radius 2 is 1.53 bits per heavy atom. The topological polar surface area (TPSA) is 198 Å². The number of carboxylic acid groups (broad SMARTS) is 1. The summed E-state index contributed by atoms with van der Waals surface area (Å²) in [7, 11) is 1.00. The normalized spacial score (nSPS) is 17.1. The van der Waals surface area contributed by atoms with Crippen molar-refractivity contribution in [2.45, 2.75) is 49.0 Å². The molecule has 3 amide bonds. The van der Waals surface area contributed by atoms with Crippen LogP contribution in [-0.4, -0.2) is 93.4 Å². The molecule has 0 saturated carbocycles. The molecule has 1 fully saturated rings. The van der Waals surface area contributed by atoms with Crippen LogP contribution >= 0.6 is 0 Å². The number of phenolic OH excluding ortho intramolecular Hbond substituents is 1. The number of aromatic hydroxyl groups is 1. The lowest BCUT2D eigenvalue weighted by Crippen LogP contribution is -2.62. The molecule has 0 aromatic heterocycles. The number of methoxy groups -OCH3 is 2. The lowest BCUT2D eigenvalue weighted by molar-refractivity contribution is -0.928.